The van der Waals surface area contributed by atoms with Crippen LogP contribution in [-0.4, -0.2) is 18.6 Å². The molecule has 1 rings (SSSR count). The number of nitro benzene ring substituents is 1. The van der Waals surface area contributed by atoms with Crippen LogP contribution in [0.1, 0.15) is 0 Å². The van der Waals surface area contributed by atoms with Crippen LogP contribution >= 0.6 is 15.9 Å². The maximum atomic E-state index is 10.8. The fraction of sp³-hybridized carbons (Fsp3) is 0.200. The first-order valence-electron chi connectivity index (χ1n) is 4.33. The van der Waals surface area contributed by atoms with E-state index >= 15 is 0 Å². The summed E-state index contributed by atoms with van der Waals surface area (Å²) in [4.78, 5) is 10.3. The first-order valence-corrected chi connectivity index (χ1v) is 5.12. The molecule has 86 valence electrons. The minimum absolute atomic E-state index is 0.131. The molecule has 0 saturated carbocycles. The second kappa shape index (κ2) is 5.50. The minimum atomic E-state index is -0.519. The molecular weight excluding hydrogens is 278 g/mol. The molecule has 0 bridgehead atoms. The molecule has 0 unspecified atom stereocenters. The third-order valence-corrected chi connectivity index (χ3v) is 1.98. The van der Waals surface area contributed by atoms with Crippen molar-refractivity contribution in [3.8, 4) is 11.5 Å². The number of hydrogen-bond donors (Lipinski definition) is 0. The van der Waals surface area contributed by atoms with Gasteiger partial charge < -0.3 is 9.47 Å². The van der Waals surface area contributed by atoms with E-state index in [0.29, 0.717) is 10.2 Å². The van der Waals surface area contributed by atoms with Crippen LogP contribution in [0, 0.1) is 10.1 Å². The summed E-state index contributed by atoms with van der Waals surface area (Å²) in [6.07, 6.45) is 0. The third-order valence-electron chi connectivity index (χ3n) is 1.75. The van der Waals surface area contributed by atoms with Gasteiger partial charge in [0.25, 0.3) is 0 Å². The molecule has 0 spiro atoms. The molecule has 5 nitrogen and oxygen atoms in total. The Morgan fingerprint density at radius 3 is 2.81 bits per heavy atom. The number of methoxy groups -OCH3 is 1. The van der Waals surface area contributed by atoms with Crippen molar-refractivity contribution < 1.29 is 14.4 Å². The van der Waals surface area contributed by atoms with Crippen molar-refractivity contribution >= 4 is 21.6 Å². The van der Waals surface area contributed by atoms with Gasteiger partial charge in [0.2, 0.25) is 0 Å². The predicted molar refractivity (Wildman–Crippen MR) is 63.2 cm³/mol. The normalized spacial score (nSPS) is 9.62. The van der Waals surface area contributed by atoms with Crippen LogP contribution in [0.3, 0.4) is 0 Å². The monoisotopic (exact) mass is 287 g/mol. The molecule has 0 amide bonds. The van der Waals surface area contributed by atoms with Crippen LogP contribution in [0.4, 0.5) is 5.69 Å². The van der Waals surface area contributed by atoms with E-state index < -0.39 is 4.92 Å². The molecule has 0 aliphatic rings. The van der Waals surface area contributed by atoms with Crippen molar-refractivity contribution in [3.63, 3.8) is 0 Å². The van der Waals surface area contributed by atoms with Gasteiger partial charge in [0.1, 0.15) is 12.4 Å². The maximum Gasteiger partial charge on any atom is 0.314 e. The lowest BCUT2D eigenvalue weighted by atomic mass is 10.3. The van der Waals surface area contributed by atoms with Crippen molar-refractivity contribution in [2.45, 2.75) is 0 Å². The number of benzene rings is 1. The lowest BCUT2D eigenvalue weighted by Gasteiger charge is -2.06. The van der Waals surface area contributed by atoms with Crippen molar-refractivity contribution in [1.29, 1.82) is 0 Å². The highest BCUT2D eigenvalue weighted by Crippen LogP contribution is 2.31. The molecule has 1 aromatic carbocycles. The lowest BCUT2D eigenvalue weighted by Crippen LogP contribution is -2.00. The number of hydrogen-bond acceptors (Lipinski definition) is 4. The number of rotatable bonds is 5. The lowest BCUT2D eigenvalue weighted by molar-refractivity contribution is -0.385. The van der Waals surface area contributed by atoms with Gasteiger partial charge in [0.05, 0.1) is 18.1 Å². The number of halogens is 1. The molecule has 1 aromatic rings. The van der Waals surface area contributed by atoms with Gasteiger partial charge in [-0.15, -0.1) is 0 Å². The molecule has 0 aromatic heterocycles. The minimum Gasteiger partial charge on any atom is -0.496 e. The Morgan fingerprint density at radius 1 is 1.62 bits per heavy atom. The van der Waals surface area contributed by atoms with E-state index in [0.717, 1.165) is 0 Å². The van der Waals surface area contributed by atoms with Gasteiger partial charge in [-0.3, -0.25) is 10.1 Å². The second-order valence-corrected chi connectivity index (χ2v) is 4.02. The van der Waals surface area contributed by atoms with E-state index in [4.69, 9.17) is 9.47 Å². The van der Waals surface area contributed by atoms with Crippen LogP contribution < -0.4 is 9.47 Å². The molecule has 16 heavy (non-hydrogen) atoms. The largest absolute Gasteiger partial charge is 0.496 e. The highest BCUT2D eigenvalue weighted by molar-refractivity contribution is 9.11. The molecule has 0 radical (unpaired) electrons. The zero-order chi connectivity index (χ0) is 12.1. The Labute approximate surface area is 101 Å². The summed E-state index contributed by atoms with van der Waals surface area (Å²) in [5, 5.41) is 10.8. The summed E-state index contributed by atoms with van der Waals surface area (Å²) in [7, 11) is 1.44. The Balaban J connectivity index is 2.98. The maximum absolute atomic E-state index is 10.8. The Morgan fingerprint density at radius 2 is 2.31 bits per heavy atom. The molecule has 0 N–H and O–H groups in total. The Kier molecular flexibility index (Phi) is 4.30. The Bertz CT molecular complexity index is 419. The zero-order valence-corrected chi connectivity index (χ0v) is 10.2. The molecule has 0 atom stereocenters. The molecule has 0 aliphatic carbocycles. The average Bonchev–Trinajstić information content (AvgIpc) is 2.25. The van der Waals surface area contributed by atoms with Crippen LogP contribution in [0.5, 0.6) is 11.5 Å². The summed E-state index contributed by atoms with van der Waals surface area (Å²) in [6.45, 7) is 3.75. The predicted octanol–water partition coefficient (Wildman–Crippen LogP) is 2.89. The quantitative estimate of drug-likeness (QED) is 0.617. The van der Waals surface area contributed by atoms with Gasteiger partial charge in [-0.1, -0.05) is 22.5 Å². The van der Waals surface area contributed by atoms with Crippen molar-refractivity contribution in [2.75, 3.05) is 13.7 Å². The molecule has 6 heteroatoms. The van der Waals surface area contributed by atoms with Gasteiger partial charge in [-0.25, -0.2) is 0 Å². The summed E-state index contributed by atoms with van der Waals surface area (Å²) < 4.78 is 10.7. The van der Waals surface area contributed by atoms with Gasteiger partial charge in [-0.2, -0.15) is 0 Å². The topological polar surface area (TPSA) is 61.6 Å². The summed E-state index contributed by atoms with van der Waals surface area (Å²) in [5.41, 5.74) is -0.131. The molecule has 0 saturated heterocycles. The smallest absolute Gasteiger partial charge is 0.314 e. The van der Waals surface area contributed by atoms with Crippen molar-refractivity contribution in [2.24, 2.45) is 0 Å². The molecule has 0 aliphatic heterocycles. The highest BCUT2D eigenvalue weighted by Gasteiger charge is 2.16. The Hall–Kier alpha value is -1.56. The third kappa shape index (κ3) is 3.23. The van der Waals surface area contributed by atoms with E-state index in [1.165, 1.54) is 19.2 Å². The van der Waals surface area contributed by atoms with Crippen LogP contribution in [0.25, 0.3) is 0 Å². The molecule has 0 heterocycles. The number of nitrogens with zero attached hydrogens (tertiary/aromatic N) is 1. The van der Waals surface area contributed by atoms with Crippen LogP contribution in [-0.2, 0) is 0 Å². The fourth-order valence-electron chi connectivity index (χ4n) is 1.04. The van der Waals surface area contributed by atoms with Crippen LogP contribution in [0.2, 0.25) is 0 Å². The van der Waals surface area contributed by atoms with Gasteiger partial charge in [-0.05, 0) is 12.1 Å². The molecule has 0 fully saturated rings. The SMILES string of the molecule is C=C(Br)COc1ccc(OC)cc1[N+](=O)[O-]. The van der Waals surface area contributed by atoms with Gasteiger partial charge in [0.15, 0.2) is 5.75 Å². The van der Waals surface area contributed by atoms with Crippen molar-refractivity contribution in [1.82, 2.24) is 0 Å². The van der Waals surface area contributed by atoms with E-state index in [2.05, 4.69) is 22.5 Å². The number of ether oxygens (including phenoxy) is 2. The fourth-order valence-corrected chi connectivity index (χ4v) is 1.16. The highest BCUT2D eigenvalue weighted by atomic mass is 79.9. The van der Waals surface area contributed by atoms with Crippen molar-refractivity contribution in [3.05, 3.63) is 39.4 Å². The van der Waals surface area contributed by atoms with E-state index in [9.17, 15) is 10.1 Å². The average molecular weight is 288 g/mol. The first kappa shape index (κ1) is 12.5. The first-order chi connectivity index (χ1) is 7.54. The second-order valence-electron chi connectivity index (χ2n) is 2.90. The van der Waals surface area contributed by atoms with E-state index in [-0.39, 0.29) is 18.0 Å². The summed E-state index contributed by atoms with van der Waals surface area (Å²) in [5.74, 6) is 0.600. The van der Waals surface area contributed by atoms with Crippen LogP contribution in [0.15, 0.2) is 29.3 Å². The summed E-state index contributed by atoms with van der Waals surface area (Å²) in [6, 6.07) is 4.40. The van der Waals surface area contributed by atoms with E-state index in [1.807, 2.05) is 0 Å². The zero-order valence-electron chi connectivity index (χ0n) is 8.60. The summed E-state index contributed by atoms with van der Waals surface area (Å²) >= 11 is 3.11. The van der Waals surface area contributed by atoms with Gasteiger partial charge in [0, 0.05) is 4.48 Å². The standard InChI is InChI=1S/C10H10BrNO4/c1-7(11)6-16-10-4-3-8(15-2)5-9(10)12(13)14/h3-5H,1,6H2,2H3. The number of nitro groups is 1. The van der Waals surface area contributed by atoms with E-state index in [1.54, 1.807) is 6.07 Å². The molecular formula is C10H10BrNO4. The van der Waals surface area contributed by atoms with Gasteiger partial charge >= 0.3 is 5.69 Å².